The number of hydrogen-bond donors (Lipinski definition) is 2. The summed E-state index contributed by atoms with van der Waals surface area (Å²) in [5, 5.41) is 6.40. The highest BCUT2D eigenvalue weighted by Gasteiger charge is 2.37. The van der Waals surface area contributed by atoms with Gasteiger partial charge in [-0.25, -0.2) is 4.39 Å². The fourth-order valence-corrected chi connectivity index (χ4v) is 6.22. The highest BCUT2D eigenvalue weighted by Crippen LogP contribution is 2.37. The maximum Gasteiger partial charge on any atom is 0.241 e. The van der Waals surface area contributed by atoms with Gasteiger partial charge in [0.15, 0.2) is 0 Å². The van der Waals surface area contributed by atoms with Crippen LogP contribution in [0.3, 0.4) is 0 Å². The average Bonchev–Trinajstić information content (AvgIpc) is 2.93. The Bertz CT molecular complexity index is 1270. The zero-order chi connectivity index (χ0) is 30.0. The molecule has 4 heterocycles. The number of hydrogen-bond acceptors (Lipinski definition) is 8. The Morgan fingerprint density at radius 3 is 2.48 bits per heavy atom. The number of carbonyl (C=O) groups excluding carboxylic acids is 2. The number of pyridine rings is 1. The van der Waals surface area contributed by atoms with E-state index in [4.69, 9.17) is 9.47 Å². The lowest BCUT2D eigenvalue weighted by Gasteiger charge is -2.46. The largest absolute Gasteiger partial charge is 0.474 e. The van der Waals surface area contributed by atoms with Crippen molar-refractivity contribution in [3.05, 3.63) is 47.3 Å². The third-order valence-corrected chi connectivity index (χ3v) is 8.42. The van der Waals surface area contributed by atoms with Gasteiger partial charge in [-0.05, 0) is 51.5 Å². The molecule has 1 aromatic carbocycles. The van der Waals surface area contributed by atoms with Crippen LogP contribution in [-0.2, 0) is 20.7 Å². The first-order valence-electron chi connectivity index (χ1n) is 14.9. The minimum absolute atomic E-state index is 0.0176. The number of piperazine rings is 1. The summed E-state index contributed by atoms with van der Waals surface area (Å²) < 4.78 is 25.3. The molecule has 3 aliphatic rings. The number of ether oxygens (including phenoxy) is 2. The molecule has 0 saturated carbocycles. The molecule has 2 amide bonds. The summed E-state index contributed by atoms with van der Waals surface area (Å²) >= 11 is 0. The highest BCUT2D eigenvalue weighted by atomic mass is 19.1. The van der Waals surface area contributed by atoms with Crippen LogP contribution in [0.15, 0.2) is 30.3 Å². The van der Waals surface area contributed by atoms with Gasteiger partial charge < -0.3 is 25.0 Å². The van der Waals surface area contributed by atoms with Crippen molar-refractivity contribution in [3.8, 4) is 5.88 Å². The molecule has 0 unspecified atom stereocenters. The van der Waals surface area contributed by atoms with Crippen molar-refractivity contribution >= 4 is 23.3 Å². The average molecular weight is 583 g/mol. The highest BCUT2D eigenvalue weighted by molar-refractivity contribution is 5.98. The third kappa shape index (κ3) is 6.91. The van der Waals surface area contributed by atoms with E-state index in [-0.39, 0.29) is 42.3 Å². The standard InChI is InChI=1S/C31H43FN6O4/c1-19-13-36(27(12-33-19)14-37-20(2)16-41-17-21(37)3)15-29(40)38-22(4)18-42-31-28(38)11-25(30(35-31)34-23(5)39)10-24-6-8-26(32)9-7-24/h6-9,11,19-22,27,33H,10,12-18H2,1-5H3,(H,34,35,39)/t19-,20-,21-,22+,27-/m1/s1. The van der Waals surface area contributed by atoms with Gasteiger partial charge in [0.1, 0.15) is 23.9 Å². The SMILES string of the molecule is CC(=O)Nc1nc2c(cc1Cc1ccc(F)cc1)N(C(=O)CN1C[C@@H](C)NC[C@@H]1CN1[C@H](C)COC[C@H]1C)[C@@H](C)CO2. The molecule has 2 aromatic rings. The Hall–Kier alpha value is -3.12. The Kier molecular flexibility index (Phi) is 9.41. The third-order valence-electron chi connectivity index (χ3n) is 8.42. The van der Waals surface area contributed by atoms with E-state index in [9.17, 15) is 14.0 Å². The van der Waals surface area contributed by atoms with Crippen LogP contribution in [0.2, 0.25) is 0 Å². The minimum Gasteiger partial charge on any atom is -0.474 e. The minimum atomic E-state index is -0.318. The van der Waals surface area contributed by atoms with Crippen LogP contribution in [0.1, 0.15) is 45.7 Å². The van der Waals surface area contributed by atoms with E-state index in [1.165, 1.54) is 19.1 Å². The summed E-state index contributed by atoms with van der Waals surface area (Å²) in [6, 6.07) is 8.99. The number of nitrogens with zero attached hydrogens (tertiary/aromatic N) is 4. The number of nitrogens with one attached hydrogen (secondary N) is 2. The monoisotopic (exact) mass is 582 g/mol. The van der Waals surface area contributed by atoms with Crippen LogP contribution in [-0.4, -0.2) is 103 Å². The first-order chi connectivity index (χ1) is 20.1. The molecular formula is C31H43FN6O4. The van der Waals surface area contributed by atoms with Crippen molar-refractivity contribution in [3.63, 3.8) is 0 Å². The van der Waals surface area contributed by atoms with Gasteiger partial charge in [0, 0.05) is 62.7 Å². The lowest BCUT2D eigenvalue weighted by atomic mass is 10.0. The summed E-state index contributed by atoms with van der Waals surface area (Å²) in [7, 11) is 0. The Labute approximate surface area is 247 Å². The molecule has 42 heavy (non-hydrogen) atoms. The second-order valence-corrected chi connectivity index (χ2v) is 12.1. The Morgan fingerprint density at radius 1 is 1.07 bits per heavy atom. The number of benzene rings is 1. The van der Waals surface area contributed by atoms with Gasteiger partial charge in [-0.2, -0.15) is 4.98 Å². The van der Waals surface area contributed by atoms with E-state index in [0.717, 1.165) is 44.0 Å². The smallest absolute Gasteiger partial charge is 0.241 e. The van der Waals surface area contributed by atoms with Crippen LogP contribution in [0.4, 0.5) is 15.9 Å². The maximum absolute atomic E-state index is 14.1. The lowest BCUT2D eigenvalue weighted by Crippen LogP contribution is -2.63. The molecular weight excluding hydrogens is 539 g/mol. The van der Waals surface area contributed by atoms with Gasteiger partial charge in [0.05, 0.1) is 25.8 Å². The number of aromatic nitrogens is 1. The molecule has 0 aliphatic carbocycles. The molecule has 2 fully saturated rings. The normalized spacial score (nSPS) is 26.8. The number of amides is 2. The quantitative estimate of drug-likeness (QED) is 0.514. The molecule has 2 N–H and O–H groups in total. The summed E-state index contributed by atoms with van der Waals surface area (Å²) in [4.78, 5) is 37.3. The van der Waals surface area contributed by atoms with Crippen LogP contribution < -0.4 is 20.3 Å². The molecule has 5 rings (SSSR count). The summed E-state index contributed by atoms with van der Waals surface area (Å²) in [5.41, 5.74) is 2.16. The summed E-state index contributed by atoms with van der Waals surface area (Å²) in [6.45, 7) is 14.4. The van der Waals surface area contributed by atoms with Crippen molar-refractivity contribution in [1.82, 2.24) is 20.1 Å². The second-order valence-electron chi connectivity index (χ2n) is 12.1. The fraction of sp³-hybridized carbons (Fsp3) is 0.581. The second kappa shape index (κ2) is 13.0. The number of anilines is 2. The van der Waals surface area contributed by atoms with E-state index >= 15 is 0 Å². The molecule has 0 spiro atoms. The van der Waals surface area contributed by atoms with E-state index in [1.807, 2.05) is 13.0 Å². The zero-order valence-electron chi connectivity index (χ0n) is 25.2. The molecule has 0 radical (unpaired) electrons. The topological polar surface area (TPSA) is 99.3 Å². The molecule has 5 atom stereocenters. The van der Waals surface area contributed by atoms with Crippen LogP contribution in [0.5, 0.6) is 5.88 Å². The van der Waals surface area contributed by atoms with E-state index < -0.39 is 0 Å². The van der Waals surface area contributed by atoms with Crippen molar-refractivity contribution in [1.29, 1.82) is 0 Å². The van der Waals surface area contributed by atoms with Crippen molar-refractivity contribution in [2.75, 3.05) is 56.2 Å². The summed E-state index contributed by atoms with van der Waals surface area (Å²) in [5.74, 6) is 0.0896. The van der Waals surface area contributed by atoms with Crippen LogP contribution >= 0.6 is 0 Å². The van der Waals surface area contributed by atoms with Gasteiger partial charge in [-0.3, -0.25) is 19.4 Å². The first kappa shape index (κ1) is 30.3. The van der Waals surface area contributed by atoms with Gasteiger partial charge in [-0.1, -0.05) is 12.1 Å². The predicted molar refractivity (Wildman–Crippen MR) is 159 cm³/mol. The zero-order valence-corrected chi connectivity index (χ0v) is 25.2. The number of halogens is 1. The molecule has 11 heteroatoms. The molecule has 10 nitrogen and oxygen atoms in total. The van der Waals surface area contributed by atoms with Crippen molar-refractivity contribution in [2.45, 2.75) is 71.2 Å². The summed E-state index contributed by atoms with van der Waals surface area (Å²) in [6.07, 6.45) is 0.403. The van der Waals surface area contributed by atoms with E-state index in [0.29, 0.717) is 42.5 Å². The first-order valence-corrected chi connectivity index (χ1v) is 14.9. The predicted octanol–water partition coefficient (Wildman–Crippen LogP) is 2.66. The van der Waals surface area contributed by atoms with Gasteiger partial charge in [-0.15, -0.1) is 0 Å². The number of carbonyl (C=O) groups is 2. The van der Waals surface area contributed by atoms with Crippen LogP contribution in [0, 0.1) is 5.82 Å². The number of morpholine rings is 1. The molecule has 0 bridgehead atoms. The number of fused-ring (bicyclic) bond motifs is 1. The lowest BCUT2D eigenvalue weighted by molar-refractivity contribution is -0.122. The Balaban J connectivity index is 1.41. The van der Waals surface area contributed by atoms with Gasteiger partial charge >= 0.3 is 0 Å². The van der Waals surface area contributed by atoms with Gasteiger partial charge in [0.2, 0.25) is 17.7 Å². The number of rotatable bonds is 7. The Morgan fingerprint density at radius 2 is 1.79 bits per heavy atom. The molecule has 3 aliphatic heterocycles. The van der Waals surface area contributed by atoms with E-state index in [2.05, 4.69) is 46.2 Å². The van der Waals surface area contributed by atoms with Crippen molar-refractivity contribution in [2.24, 2.45) is 0 Å². The molecule has 2 saturated heterocycles. The van der Waals surface area contributed by atoms with E-state index in [1.54, 1.807) is 17.0 Å². The van der Waals surface area contributed by atoms with Crippen molar-refractivity contribution < 1.29 is 23.5 Å². The molecule has 1 aromatic heterocycles. The van der Waals surface area contributed by atoms with Gasteiger partial charge in [0.25, 0.3) is 0 Å². The maximum atomic E-state index is 14.1. The fourth-order valence-electron chi connectivity index (χ4n) is 6.22. The molecule has 228 valence electrons. The van der Waals surface area contributed by atoms with Crippen LogP contribution in [0.25, 0.3) is 0 Å².